The van der Waals surface area contributed by atoms with E-state index in [1.165, 1.54) is 18.4 Å². The largest absolute Gasteiger partial charge is 0.382 e. The first-order valence-corrected chi connectivity index (χ1v) is 10.5. The van der Waals surface area contributed by atoms with Crippen molar-refractivity contribution in [3.05, 3.63) is 74.8 Å². The lowest BCUT2D eigenvalue weighted by Crippen LogP contribution is -2.42. The maximum atomic E-state index is 12.6. The van der Waals surface area contributed by atoms with Gasteiger partial charge in [-0.3, -0.25) is 4.79 Å². The third-order valence-electron chi connectivity index (χ3n) is 5.65. The number of anilines is 3. The molecule has 0 saturated heterocycles. The summed E-state index contributed by atoms with van der Waals surface area (Å²) in [5.41, 5.74) is 5.47. The van der Waals surface area contributed by atoms with Gasteiger partial charge in [-0.15, -0.1) is 0 Å². The molecule has 0 amide bonds. The van der Waals surface area contributed by atoms with Gasteiger partial charge in [-0.1, -0.05) is 36.9 Å². The van der Waals surface area contributed by atoms with Gasteiger partial charge in [0.1, 0.15) is 5.48 Å². The Morgan fingerprint density at radius 2 is 2.03 bits per heavy atom. The second-order valence-corrected chi connectivity index (χ2v) is 8.11. The Bertz CT molecular complexity index is 1260. The van der Waals surface area contributed by atoms with Crippen LogP contribution >= 0.6 is 0 Å². The van der Waals surface area contributed by atoms with Gasteiger partial charge in [0.2, 0.25) is 0 Å². The average Bonchev–Trinajstić information content (AvgIpc) is 3.54. The third-order valence-corrected chi connectivity index (χ3v) is 5.65. The summed E-state index contributed by atoms with van der Waals surface area (Å²) in [4.78, 5) is 26.6. The number of nitrogens with one attached hydrogen (secondary N) is 2. The number of aromatic amines is 1. The number of hydrogen-bond acceptors (Lipinski definition) is 5. The Balaban J connectivity index is 1.55. The van der Waals surface area contributed by atoms with Gasteiger partial charge in [-0.2, -0.15) is 0 Å². The summed E-state index contributed by atoms with van der Waals surface area (Å²) >= 11 is 0. The number of H-pyrrole nitrogens is 1. The van der Waals surface area contributed by atoms with Gasteiger partial charge in [0.15, 0.2) is 11.2 Å². The van der Waals surface area contributed by atoms with Crippen LogP contribution in [0.15, 0.2) is 52.3 Å². The number of fused-ring (bicyclic) bond motifs is 2. The molecule has 1 saturated carbocycles. The van der Waals surface area contributed by atoms with E-state index in [0.29, 0.717) is 22.7 Å². The van der Waals surface area contributed by atoms with Gasteiger partial charge in [0.05, 0.1) is 11.4 Å². The topological polar surface area (TPSA) is 73.4 Å². The minimum absolute atomic E-state index is 0.249. The van der Waals surface area contributed by atoms with Gasteiger partial charge in [-0.25, -0.2) is 9.98 Å². The molecule has 2 heterocycles. The molecule has 1 fully saturated rings. The maximum Gasteiger partial charge on any atom is 0.279 e. The number of rotatable bonds is 6. The van der Waals surface area contributed by atoms with Gasteiger partial charge in [0.25, 0.3) is 5.56 Å². The molecule has 3 aromatic rings. The van der Waals surface area contributed by atoms with Crippen molar-refractivity contribution in [1.29, 1.82) is 0 Å². The van der Waals surface area contributed by atoms with E-state index >= 15 is 0 Å². The van der Waals surface area contributed by atoms with Crippen molar-refractivity contribution in [2.45, 2.75) is 38.6 Å². The third kappa shape index (κ3) is 3.61. The van der Waals surface area contributed by atoms with Crippen LogP contribution in [-0.4, -0.2) is 22.6 Å². The van der Waals surface area contributed by atoms with Crippen LogP contribution in [0.5, 0.6) is 0 Å². The van der Waals surface area contributed by atoms with E-state index in [9.17, 15) is 4.79 Å². The van der Waals surface area contributed by atoms with Crippen LogP contribution in [0.25, 0.3) is 6.58 Å². The van der Waals surface area contributed by atoms with E-state index in [-0.39, 0.29) is 5.56 Å². The van der Waals surface area contributed by atoms with Crippen molar-refractivity contribution in [3.8, 4) is 0 Å². The summed E-state index contributed by atoms with van der Waals surface area (Å²) in [6.07, 6.45) is 4.32. The molecule has 5 rings (SSSR count). The SMILES string of the molecule is C=c1nc2c(c(=O)[nH]1)=Nc1cc(C)c(NC3CC3)cc1N2CCCc1ccccc1. The standard InChI is InChI=1S/C24H25N5O/c1-15-13-20-21(14-19(15)27-18-10-11-18)29(12-6-9-17-7-4-3-5-8-17)23-22(28-20)24(30)26-16(2)25-23/h3-5,7-8,13-14,18,27H,2,6,9-12H2,1H3,(H,26,30). The molecule has 0 atom stereocenters. The predicted molar refractivity (Wildman–Crippen MR) is 120 cm³/mol. The number of hydrogen-bond donors (Lipinski definition) is 2. The number of aromatic nitrogens is 2. The van der Waals surface area contributed by atoms with Crippen LogP contribution < -0.4 is 26.6 Å². The van der Waals surface area contributed by atoms with E-state index in [1.54, 1.807) is 0 Å². The molecule has 30 heavy (non-hydrogen) atoms. The van der Waals surface area contributed by atoms with Crippen molar-refractivity contribution in [3.63, 3.8) is 0 Å². The first-order valence-electron chi connectivity index (χ1n) is 10.5. The molecule has 152 valence electrons. The van der Waals surface area contributed by atoms with Crippen molar-refractivity contribution < 1.29 is 0 Å². The highest BCUT2D eigenvalue weighted by molar-refractivity contribution is 5.80. The molecule has 2 aliphatic rings. The van der Waals surface area contributed by atoms with Crippen LogP contribution in [0.2, 0.25) is 0 Å². The maximum absolute atomic E-state index is 12.6. The number of nitrogens with zero attached hydrogens (tertiary/aromatic N) is 3. The zero-order valence-corrected chi connectivity index (χ0v) is 17.1. The molecular formula is C24H25N5O. The predicted octanol–water partition coefficient (Wildman–Crippen LogP) is 3.10. The Labute approximate surface area is 175 Å². The molecule has 0 radical (unpaired) electrons. The van der Waals surface area contributed by atoms with Gasteiger partial charge < -0.3 is 15.2 Å². The van der Waals surface area contributed by atoms with Crippen LogP contribution in [0, 0.1) is 6.92 Å². The van der Waals surface area contributed by atoms with Crippen molar-refractivity contribution >= 4 is 29.5 Å². The van der Waals surface area contributed by atoms with E-state index in [1.807, 2.05) is 6.07 Å². The van der Waals surface area contributed by atoms with E-state index in [4.69, 9.17) is 0 Å². The first kappa shape index (κ1) is 18.6. The zero-order chi connectivity index (χ0) is 20.7. The summed E-state index contributed by atoms with van der Waals surface area (Å²) in [5.74, 6) is 0.588. The molecule has 6 nitrogen and oxygen atoms in total. The fourth-order valence-corrected chi connectivity index (χ4v) is 3.93. The minimum Gasteiger partial charge on any atom is -0.382 e. The molecule has 1 aromatic heterocycles. The normalized spacial score (nSPS) is 14.6. The lowest BCUT2D eigenvalue weighted by molar-refractivity contribution is 0.784. The molecule has 2 N–H and O–H groups in total. The molecule has 1 aliphatic heterocycles. The van der Waals surface area contributed by atoms with E-state index < -0.39 is 0 Å². The van der Waals surface area contributed by atoms with Crippen LogP contribution in [-0.2, 0) is 6.42 Å². The number of benzene rings is 2. The Hall–Kier alpha value is -3.41. The number of aryl methyl sites for hydroxylation is 2. The van der Waals surface area contributed by atoms with Crippen molar-refractivity contribution in [2.75, 3.05) is 16.8 Å². The second kappa shape index (κ2) is 7.44. The van der Waals surface area contributed by atoms with E-state index in [2.05, 4.69) is 75.1 Å². The quantitative estimate of drug-likeness (QED) is 0.668. The molecule has 2 aromatic carbocycles. The Morgan fingerprint density at radius 1 is 1.23 bits per heavy atom. The summed E-state index contributed by atoms with van der Waals surface area (Å²) < 4.78 is 0. The highest BCUT2D eigenvalue weighted by Gasteiger charge is 2.26. The average molecular weight is 399 g/mol. The highest BCUT2D eigenvalue weighted by atomic mass is 16.1. The van der Waals surface area contributed by atoms with Gasteiger partial charge in [-0.05, 0) is 55.9 Å². The van der Waals surface area contributed by atoms with Crippen molar-refractivity contribution in [1.82, 2.24) is 9.97 Å². The summed E-state index contributed by atoms with van der Waals surface area (Å²) in [5, 5.41) is 3.97. The van der Waals surface area contributed by atoms with E-state index in [0.717, 1.165) is 42.0 Å². The Kier molecular flexibility index (Phi) is 4.62. The highest BCUT2D eigenvalue weighted by Crippen LogP contribution is 2.40. The summed E-state index contributed by atoms with van der Waals surface area (Å²) in [6.45, 7) is 6.66. The fourth-order valence-electron chi connectivity index (χ4n) is 3.93. The summed E-state index contributed by atoms with van der Waals surface area (Å²) in [6, 6.07) is 15.2. The van der Waals surface area contributed by atoms with Crippen LogP contribution in [0.3, 0.4) is 0 Å². The molecule has 0 unspecified atom stereocenters. The lowest BCUT2D eigenvalue weighted by atomic mass is 10.1. The monoisotopic (exact) mass is 399 g/mol. The van der Waals surface area contributed by atoms with Gasteiger partial charge in [0, 0.05) is 18.3 Å². The fraction of sp³-hybridized carbons (Fsp3) is 0.292. The molecule has 0 spiro atoms. The molecule has 0 bridgehead atoms. The smallest absolute Gasteiger partial charge is 0.279 e. The summed E-state index contributed by atoms with van der Waals surface area (Å²) in [7, 11) is 0. The molecule has 6 heteroatoms. The zero-order valence-electron chi connectivity index (χ0n) is 17.1. The van der Waals surface area contributed by atoms with Crippen molar-refractivity contribution in [2.24, 2.45) is 4.99 Å². The van der Waals surface area contributed by atoms with Gasteiger partial charge >= 0.3 is 0 Å². The lowest BCUT2D eigenvalue weighted by Gasteiger charge is -2.29. The second-order valence-electron chi connectivity index (χ2n) is 8.11. The minimum atomic E-state index is -0.249. The van der Waals surface area contributed by atoms with Crippen LogP contribution in [0.1, 0.15) is 30.4 Å². The Morgan fingerprint density at radius 3 is 2.80 bits per heavy atom. The molecular weight excluding hydrogens is 374 g/mol. The van der Waals surface area contributed by atoms with Crippen LogP contribution in [0.4, 0.5) is 22.9 Å². The molecule has 1 aliphatic carbocycles. The first-order chi connectivity index (χ1) is 14.6.